The molecular formula is C19H22BrCl. The Bertz CT molecular complexity index is 602. The van der Waals surface area contributed by atoms with Crippen LogP contribution < -0.4 is 0 Å². The van der Waals surface area contributed by atoms with Crippen molar-refractivity contribution in [3.63, 3.8) is 0 Å². The lowest BCUT2D eigenvalue weighted by molar-refractivity contribution is 0.332. The minimum Gasteiger partial charge on any atom is -0.0839 e. The van der Waals surface area contributed by atoms with Crippen LogP contribution in [0.5, 0.6) is 0 Å². The number of benzene rings is 2. The summed E-state index contributed by atoms with van der Waals surface area (Å²) in [6, 6.07) is 12.7. The first kappa shape index (κ1) is 15.4. The predicted molar refractivity (Wildman–Crippen MR) is 96.4 cm³/mol. The van der Waals surface area contributed by atoms with E-state index in [2.05, 4.69) is 46.3 Å². The van der Waals surface area contributed by atoms with Crippen LogP contribution in [0.25, 0.3) is 10.8 Å². The molecule has 0 amide bonds. The van der Waals surface area contributed by atoms with Gasteiger partial charge in [0, 0.05) is 15.2 Å². The van der Waals surface area contributed by atoms with Crippen molar-refractivity contribution < 1.29 is 0 Å². The Hall–Kier alpha value is -0.530. The molecule has 1 atom stereocenters. The predicted octanol–water partition coefficient (Wildman–Crippen LogP) is 7.29. The lowest BCUT2D eigenvalue weighted by atomic mass is 9.85. The molecule has 0 aromatic heterocycles. The summed E-state index contributed by atoms with van der Waals surface area (Å²) in [7, 11) is 0. The molecule has 21 heavy (non-hydrogen) atoms. The highest BCUT2D eigenvalue weighted by atomic mass is 79.9. The smallest absolute Gasteiger partial charge is 0.0484 e. The van der Waals surface area contributed by atoms with E-state index in [-0.39, 0.29) is 0 Å². The van der Waals surface area contributed by atoms with Crippen LogP contribution >= 0.6 is 27.5 Å². The van der Waals surface area contributed by atoms with Gasteiger partial charge in [0.05, 0.1) is 0 Å². The fourth-order valence-corrected chi connectivity index (χ4v) is 4.46. The van der Waals surface area contributed by atoms with Gasteiger partial charge in [-0.05, 0) is 35.8 Å². The Balaban J connectivity index is 1.75. The van der Waals surface area contributed by atoms with E-state index in [1.54, 1.807) is 0 Å². The first-order valence-electron chi connectivity index (χ1n) is 8.07. The second kappa shape index (κ2) is 7.15. The van der Waals surface area contributed by atoms with Crippen LogP contribution in [0.15, 0.2) is 36.4 Å². The molecule has 0 radical (unpaired) electrons. The van der Waals surface area contributed by atoms with E-state index in [0.29, 0.717) is 4.83 Å². The lowest BCUT2D eigenvalue weighted by Gasteiger charge is -2.23. The maximum Gasteiger partial charge on any atom is 0.0484 e. The SMILES string of the molecule is Clc1ccc(C(Br)CCC2CCCCC2)c2ccccc12. The molecule has 0 heterocycles. The van der Waals surface area contributed by atoms with Gasteiger partial charge in [0.15, 0.2) is 0 Å². The van der Waals surface area contributed by atoms with Gasteiger partial charge in [0.2, 0.25) is 0 Å². The molecule has 1 fully saturated rings. The molecule has 0 nitrogen and oxygen atoms in total. The third kappa shape index (κ3) is 3.63. The first-order chi connectivity index (χ1) is 10.3. The summed E-state index contributed by atoms with van der Waals surface area (Å²) in [5, 5.41) is 3.30. The first-order valence-corrected chi connectivity index (χ1v) is 9.36. The van der Waals surface area contributed by atoms with Crippen molar-refractivity contribution in [2.45, 2.75) is 49.8 Å². The molecule has 3 rings (SSSR count). The third-order valence-corrected chi connectivity index (χ3v) is 6.08. The van der Waals surface area contributed by atoms with E-state index < -0.39 is 0 Å². The molecule has 0 spiro atoms. The molecule has 2 aromatic carbocycles. The Labute approximate surface area is 141 Å². The standard InChI is InChI=1S/C19H22BrCl/c20-18(12-10-14-6-2-1-3-7-14)16-11-13-19(21)17-9-5-4-8-15(16)17/h4-5,8-9,11,13-14,18H,1-3,6-7,10,12H2. The van der Waals surface area contributed by atoms with Crippen molar-refractivity contribution in [2.24, 2.45) is 5.92 Å². The summed E-state index contributed by atoms with van der Waals surface area (Å²) in [6.07, 6.45) is 9.73. The molecule has 0 saturated heterocycles. The summed E-state index contributed by atoms with van der Waals surface area (Å²) in [4.78, 5) is 0.432. The molecule has 0 aliphatic heterocycles. The monoisotopic (exact) mass is 364 g/mol. The van der Waals surface area contributed by atoms with E-state index in [0.717, 1.165) is 10.9 Å². The molecule has 2 heteroatoms. The molecule has 2 aromatic rings. The highest BCUT2D eigenvalue weighted by molar-refractivity contribution is 9.09. The van der Waals surface area contributed by atoms with Gasteiger partial charge in [-0.2, -0.15) is 0 Å². The van der Waals surface area contributed by atoms with Gasteiger partial charge in [-0.1, -0.05) is 90.0 Å². The van der Waals surface area contributed by atoms with Gasteiger partial charge in [0.1, 0.15) is 0 Å². The minimum absolute atomic E-state index is 0.432. The van der Waals surface area contributed by atoms with Crippen LogP contribution in [0.3, 0.4) is 0 Å². The van der Waals surface area contributed by atoms with E-state index in [1.165, 1.54) is 61.3 Å². The highest BCUT2D eigenvalue weighted by Crippen LogP contribution is 2.38. The zero-order valence-electron chi connectivity index (χ0n) is 12.3. The largest absolute Gasteiger partial charge is 0.0839 e. The van der Waals surface area contributed by atoms with Gasteiger partial charge in [-0.25, -0.2) is 0 Å². The number of hydrogen-bond acceptors (Lipinski definition) is 0. The Morgan fingerprint density at radius 3 is 2.48 bits per heavy atom. The number of rotatable bonds is 4. The van der Waals surface area contributed by atoms with Crippen molar-refractivity contribution >= 4 is 38.3 Å². The van der Waals surface area contributed by atoms with Crippen molar-refractivity contribution in [1.82, 2.24) is 0 Å². The molecule has 1 aliphatic carbocycles. The highest BCUT2D eigenvalue weighted by Gasteiger charge is 2.17. The van der Waals surface area contributed by atoms with Gasteiger partial charge < -0.3 is 0 Å². The van der Waals surface area contributed by atoms with Gasteiger partial charge in [0.25, 0.3) is 0 Å². The number of fused-ring (bicyclic) bond motifs is 1. The second-order valence-electron chi connectivity index (χ2n) is 6.23. The Morgan fingerprint density at radius 2 is 1.71 bits per heavy atom. The van der Waals surface area contributed by atoms with Crippen LogP contribution in [-0.2, 0) is 0 Å². The second-order valence-corrected chi connectivity index (χ2v) is 7.74. The minimum atomic E-state index is 0.432. The third-order valence-electron chi connectivity index (χ3n) is 4.80. The van der Waals surface area contributed by atoms with Gasteiger partial charge >= 0.3 is 0 Å². The van der Waals surface area contributed by atoms with Crippen molar-refractivity contribution in [3.8, 4) is 0 Å². The maximum atomic E-state index is 6.32. The molecule has 112 valence electrons. The van der Waals surface area contributed by atoms with E-state index in [9.17, 15) is 0 Å². The summed E-state index contributed by atoms with van der Waals surface area (Å²) in [5.41, 5.74) is 1.38. The van der Waals surface area contributed by atoms with Crippen molar-refractivity contribution in [3.05, 3.63) is 47.0 Å². The average molecular weight is 366 g/mol. The van der Waals surface area contributed by atoms with Crippen molar-refractivity contribution in [2.75, 3.05) is 0 Å². The fraction of sp³-hybridized carbons (Fsp3) is 0.474. The number of alkyl halides is 1. The maximum absolute atomic E-state index is 6.32. The van der Waals surface area contributed by atoms with Crippen LogP contribution in [0.1, 0.15) is 55.3 Å². The quantitative estimate of drug-likeness (QED) is 0.499. The van der Waals surface area contributed by atoms with Crippen LogP contribution in [0.4, 0.5) is 0 Å². The van der Waals surface area contributed by atoms with Crippen molar-refractivity contribution in [1.29, 1.82) is 0 Å². The van der Waals surface area contributed by atoms with Crippen LogP contribution in [-0.4, -0.2) is 0 Å². The Morgan fingerprint density at radius 1 is 1.00 bits per heavy atom. The van der Waals surface area contributed by atoms with Crippen LogP contribution in [0.2, 0.25) is 5.02 Å². The van der Waals surface area contributed by atoms with Crippen LogP contribution in [0, 0.1) is 5.92 Å². The summed E-state index contributed by atoms with van der Waals surface area (Å²) >= 11 is 10.2. The summed E-state index contributed by atoms with van der Waals surface area (Å²) in [5.74, 6) is 0.942. The van der Waals surface area contributed by atoms with Gasteiger partial charge in [-0.15, -0.1) is 0 Å². The zero-order chi connectivity index (χ0) is 14.7. The van der Waals surface area contributed by atoms with Gasteiger partial charge in [-0.3, -0.25) is 0 Å². The molecule has 1 aliphatic rings. The Kier molecular flexibility index (Phi) is 5.24. The summed E-state index contributed by atoms with van der Waals surface area (Å²) in [6.45, 7) is 0. The molecule has 0 bridgehead atoms. The summed E-state index contributed by atoms with van der Waals surface area (Å²) < 4.78 is 0. The topological polar surface area (TPSA) is 0 Å². The molecule has 0 N–H and O–H groups in total. The van der Waals surface area contributed by atoms with E-state index in [4.69, 9.17) is 11.6 Å². The van der Waals surface area contributed by atoms with E-state index in [1.807, 2.05) is 6.07 Å². The number of hydrogen-bond donors (Lipinski definition) is 0. The molecule has 1 unspecified atom stereocenters. The number of halogens is 2. The zero-order valence-corrected chi connectivity index (χ0v) is 14.7. The fourth-order valence-electron chi connectivity index (χ4n) is 3.57. The molecule has 1 saturated carbocycles. The van der Waals surface area contributed by atoms with E-state index >= 15 is 0 Å². The average Bonchev–Trinajstić information content (AvgIpc) is 2.54. The lowest BCUT2D eigenvalue weighted by Crippen LogP contribution is -2.07. The molecular weight excluding hydrogens is 344 g/mol. The normalized spacial score (nSPS) is 18.0.